The van der Waals surface area contributed by atoms with Gasteiger partial charge in [-0.05, 0) is 42.4 Å². The van der Waals surface area contributed by atoms with Gasteiger partial charge in [-0.25, -0.2) is 0 Å². The molecule has 0 spiro atoms. The van der Waals surface area contributed by atoms with Crippen molar-refractivity contribution in [2.45, 2.75) is 25.0 Å². The molecular formula is C15H20ClNO2S. The number of nitrogens with one attached hydrogen (secondary N) is 1. The maximum Gasteiger partial charge on any atom is 0.230 e. The van der Waals surface area contributed by atoms with E-state index in [-0.39, 0.29) is 17.9 Å². The first-order chi connectivity index (χ1) is 9.63. The fourth-order valence-corrected chi connectivity index (χ4v) is 3.05. The van der Waals surface area contributed by atoms with E-state index >= 15 is 0 Å². The average molecular weight is 314 g/mol. The van der Waals surface area contributed by atoms with E-state index in [1.54, 1.807) is 11.8 Å². The molecule has 1 saturated carbocycles. The molecule has 1 aromatic rings. The Morgan fingerprint density at radius 2 is 2.05 bits per heavy atom. The lowest BCUT2D eigenvalue weighted by Gasteiger charge is -2.14. The number of aliphatic hydroxyl groups excluding tert-OH is 1. The summed E-state index contributed by atoms with van der Waals surface area (Å²) >= 11 is 7.42. The lowest BCUT2D eigenvalue weighted by Crippen LogP contribution is -2.31. The topological polar surface area (TPSA) is 49.3 Å². The van der Waals surface area contributed by atoms with E-state index in [4.69, 9.17) is 16.7 Å². The van der Waals surface area contributed by atoms with Crippen molar-refractivity contribution in [1.82, 2.24) is 5.32 Å². The molecule has 0 saturated heterocycles. The van der Waals surface area contributed by atoms with Crippen LogP contribution in [-0.4, -0.2) is 29.9 Å². The summed E-state index contributed by atoms with van der Waals surface area (Å²) in [5, 5.41) is 12.7. The van der Waals surface area contributed by atoms with E-state index in [1.165, 1.54) is 5.56 Å². The smallest absolute Gasteiger partial charge is 0.230 e. The van der Waals surface area contributed by atoms with Crippen LogP contribution < -0.4 is 5.32 Å². The first kappa shape index (κ1) is 15.7. The molecule has 1 aliphatic rings. The largest absolute Gasteiger partial charge is 0.396 e. The van der Waals surface area contributed by atoms with Crippen LogP contribution >= 0.6 is 23.4 Å². The predicted molar refractivity (Wildman–Crippen MR) is 84.0 cm³/mol. The number of hydrogen-bond acceptors (Lipinski definition) is 3. The van der Waals surface area contributed by atoms with Gasteiger partial charge in [-0.2, -0.15) is 0 Å². The molecule has 1 aromatic carbocycles. The molecule has 110 valence electrons. The third-order valence-electron chi connectivity index (χ3n) is 3.67. The van der Waals surface area contributed by atoms with Crippen LogP contribution in [0.15, 0.2) is 24.3 Å². The monoisotopic (exact) mass is 313 g/mol. The molecule has 0 unspecified atom stereocenters. The molecular weight excluding hydrogens is 294 g/mol. The van der Waals surface area contributed by atoms with Gasteiger partial charge in [0, 0.05) is 23.9 Å². The Morgan fingerprint density at radius 1 is 1.35 bits per heavy atom. The van der Waals surface area contributed by atoms with Gasteiger partial charge >= 0.3 is 0 Å². The van der Waals surface area contributed by atoms with Crippen molar-refractivity contribution in [2.24, 2.45) is 5.41 Å². The zero-order chi connectivity index (χ0) is 14.4. The van der Waals surface area contributed by atoms with E-state index in [0.29, 0.717) is 12.3 Å². The summed E-state index contributed by atoms with van der Waals surface area (Å²) in [5.41, 5.74) is 1.36. The highest BCUT2D eigenvalue weighted by Gasteiger charge is 2.41. The van der Waals surface area contributed by atoms with Gasteiger partial charge in [0.2, 0.25) is 5.91 Å². The number of aliphatic hydroxyl groups is 1. The molecule has 3 nitrogen and oxygen atoms in total. The normalized spacial score (nSPS) is 15.9. The van der Waals surface area contributed by atoms with Crippen molar-refractivity contribution in [3.63, 3.8) is 0 Å². The second-order valence-corrected chi connectivity index (χ2v) is 6.79. The highest BCUT2D eigenvalue weighted by atomic mass is 35.5. The van der Waals surface area contributed by atoms with Crippen molar-refractivity contribution in [3.8, 4) is 0 Å². The SMILES string of the molecule is O=C(CSCc1ccc(Cl)cc1)NCC1(CCO)CC1. The molecule has 0 aliphatic heterocycles. The Kier molecular flexibility index (Phi) is 5.75. The molecule has 5 heteroatoms. The summed E-state index contributed by atoms with van der Waals surface area (Å²) in [6.45, 7) is 0.912. The van der Waals surface area contributed by atoms with Crippen molar-refractivity contribution in [3.05, 3.63) is 34.9 Å². The highest BCUT2D eigenvalue weighted by Crippen LogP contribution is 2.47. The first-order valence-corrected chi connectivity index (χ1v) is 8.37. The minimum Gasteiger partial charge on any atom is -0.396 e. The molecule has 0 bridgehead atoms. The van der Waals surface area contributed by atoms with E-state index in [9.17, 15) is 4.79 Å². The van der Waals surface area contributed by atoms with Gasteiger partial charge in [0.05, 0.1) is 5.75 Å². The molecule has 2 N–H and O–H groups in total. The number of carbonyl (C=O) groups is 1. The molecule has 2 rings (SSSR count). The zero-order valence-corrected chi connectivity index (χ0v) is 13.0. The minimum absolute atomic E-state index is 0.0770. The van der Waals surface area contributed by atoms with Crippen LogP contribution in [0.1, 0.15) is 24.8 Å². The Balaban J connectivity index is 1.62. The molecule has 0 heterocycles. The number of rotatable bonds is 8. The summed E-state index contributed by atoms with van der Waals surface area (Å²) in [5.74, 6) is 1.36. The van der Waals surface area contributed by atoms with Crippen LogP contribution in [0.4, 0.5) is 0 Å². The summed E-state index contributed by atoms with van der Waals surface area (Å²) in [6.07, 6.45) is 3.03. The van der Waals surface area contributed by atoms with Gasteiger partial charge in [0.15, 0.2) is 0 Å². The van der Waals surface area contributed by atoms with Crippen LogP contribution in [0.5, 0.6) is 0 Å². The van der Waals surface area contributed by atoms with Gasteiger partial charge < -0.3 is 10.4 Å². The zero-order valence-electron chi connectivity index (χ0n) is 11.4. The maximum absolute atomic E-state index is 11.8. The van der Waals surface area contributed by atoms with Crippen molar-refractivity contribution >= 4 is 29.3 Å². The van der Waals surface area contributed by atoms with E-state index in [0.717, 1.165) is 30.0 Å². The molecule has 1 aliphatic carbocycles. The maximum atomic E-state index is 11.8. The fourth-order valence-electron chi connectivity index (χ4n) is 2.11. The molecule has 0 aromatic heterocycles. The third-order valence-corrected chi connectivity index (χ3v) is 4.93. The summed E-state index contributed by atoms with van der Waals surface area (Å²) in [6, 6.07) is 7.69. The van der Waals surface area contributed by atoms with E-state index < -0.39 is 0 Å². The fraction of sp³-hybridized carbons (Fsp3) is 0.533. The third kappa shape index (κ3) is 5.00. The lowest BCUT2D eigenvalue weighted by atomic mass is 10.0. The van der Waals surface area contributed by atoms with Crippen molar-refractivity contribution in [1.29, 1.82) is 0 Å². The Labute approximate surface area is 129 Å². The summed E-state index contributed by atoms with van der Waals surface area (Å²) in [7, 11) is 0. The molecule has 1 amide bonds. The van der Waals surface area contributed by atoms with Gasteiger partial charge in [0.25, 0.3) is 0 Å². The Morgan fingerprint density at radius 3 is 2.65 bits per heavy atom. The standard InChI is InChI=1S/C15H20ClNO2S/c16-13-3-1-12(2-4-13)9-20-10-14(19)17-11-15(5-6-15)7-8-18/h1-4,18H,5-11H2,(H,17,19). The van der Waals surface area contributed by atoms with Gasteiger partial charge in [-0.1, -0.05) is 23.7 Å². The van der Waals surface area contributed by atoms with Crippen LogP contribution in [0.2, 0.25) is 5.02 Å². The second-order valence-electron chi connectivity index (χ2n) is 5.37. The number of hydrogen-bond donors (Lipinski definition) is 2. The van der Waals surface area contributed by atoms with Crippen molar-refractivity contribution < 1.29 is 9.90 Å². The average Bonchev–Trinajstić information content (AvgIpc) is 3.20. The number of amides is 1. The van der Waals surface area contributed by atoms with Crippen LogP contribution in [0, 0.1) is 5.41 Å². The van der Waals surface area contributed by atoms with Crippen molar-refractivity contribution in [2.75, 3.05) is 18.9 Å². The summed E-state index contributed by atoms with van der Waals surface area (Å²) in [4.78, 5) is 11.8. The Hall–Kier alpha value is -0.710. The predicted octanol–water partition coefficient (Wildman–Crippen LogP) is 2.85. The lowest BCUT2D eigenvalue weighted by molar-refractivity contribution is -0.118. The van der Waals surface area contributed by atoms with Gasteiger partial charge in [0.1, 0.15) is 0 Å². The molecule has 0 radical (unpaired) electrons. The minimum atomic E-state index is 0.0770. The second kappa shape index (κ2) is 7.34. The molecule has 0 atom stereocenters. The quantitative estimate of drug-likeness (QED) is 0.776. The highest BCUT2D eigenvalue weighted by molar-refractivity contribution is 7.99. The van der Waals surface area contributed by atoms with Crippen LogP contribution in [0.3, 0.4) is 0 Å². The number of benzene rings is 1. The van der Waals surface area contributed by atoms with Crippen LogP contribution in [-0.2, 0) is 10.5 Å². The Bertz CT molecular complexity index is 446. The van der Waals surface area contributed by atoms with Gasteiger partial charge in [-0.15, -0.1) is 11.8 Å². The number of thioether (sulfide) groups is 1. The molecule has 20 heavy (non-hydrogen) atoms. The van der Waals surface area contributed by atoms with E-state index in [2.05, 4.69) is 5.32 Å². The van der Waals surface area contributed by atoms with E-state index in [1.807, 2.05) is 24.3 Å². The number of halogens is 1. The van der Waals surface area contributed by atoms with Crippen LogP contribution in [0.25, 0.3) is 0 Å². The first-order valence-electron chi connectivity index (χ1n) is 6.83. The summed E-state index contributed by atoms with van der Waals surface area (Å²) < 4.78 is 0. The molecule has 1 fully saturated rings. The van der Waals surface area contributed by atoms with Gasteiger partial charge in [-0.3, -0.25) is 4.79 Å². The number of carbonyl (C=O) groups excluding carboxylic acids is 1.